The second kappa shape index (κ2) is 7.09. The van der Waals surface area contributed by atoms with Gasteiger partial charge in [-0.15, -0.1) is 0 Å². The molecular weight excluding hydrogens is 306 g/mol. The second-order valence-corrected chi connectivity index (χ2v) is 5.45. The van der Waals surface area contributed by atoms with E-state index in [1.807, 2.05) is 16.9 Å². The van der Waals surface area contributed by atoms with Crippen LogP contribution in [0.5, 0.6) is 5.75 Å². The number of ether oxygens (including phenoxy) is 3. The first-order valence-electron chi connectivity index (χ1n) is 7.21. The Hall–Kier alpha value is -1.63. The predicted octanol–water partition coefficient (Wildman–Crippen LogP) is 3.28. The van der Waals surface area contributed by atoms with Crippen molar-refractivity contribution in [3.8, 4) is 16.9 Å². The molecule has 0 saturated carbocycles. The Labute approximate surface area is 134 Å². The van der Waals surface area contributed by atoms with E-state index < -0.39 is 0 Å². The third-order valence-electron chi connectivity index (χ3n) is 3.52. The van der Waals surface area contributed by atoms with Crippen molar-refractivity contribution < 1.29 is 14.2 Å². The summed E-state index contributed by atoms with van der Waals surface area (Å²) in [6, 6.07) is 1.83. The topological polar surface area (TPSA) is 58.4 Å². The molecule has 1 atom stereocenters. The lowest BCUT2D eigenvalue weighted by molar-refractivity contribution is -0.0394. The molecule has 0 aliphatic carbocycles. The van der Waals surface area contributed by atoms with E-state index in [-0.39, 0.29) is 13.0 Å². The standard InChI is InChI=1S/C15H18ClN3O3/c1-20-10-22-13-6-11(7-17-15(13)16)12-8-18-19(9-12)14-4-2-3-5-21-14/h6-9,14H,2-5,10H2,1H3. The highest BCUT2D eigenvalue weighted by Gasteiger charge is 2.17. The molecule has 7 heteroatoms. The average Bonchev–Trinajstić information content (AvgIpc) is 3.05. The van der Waals surface area contributed by atoms with Gasteiger partial charge >= 0.3 is 0 Å². The zero-order valence-electron chi connectivity index (χ0n) is 12.4. The summed E-state index contributed by atoms with van der Waals surface area (Å²) >= 11 is 6.01. The van der Waals surface area contributed by atoms with Gasteiger partial charge in [0.1, 0.15) is 6.23 Å². The summed E-state index contributed by atoms with van der Waals surface area (Å²) in [5.74, 6) is 0.489. The van der Waals surface area contributed by atoms with Crippen LogP contribution < -0.4 is 4.74 Å². The average molecular weight is 324 g/mol. The van der Waals surface area contributed by atoms with E-state index in [1.54, 1.807) is 19.5 Å². The number of rotatable bonds is 5. The largest absolute Gasteiger partial charge is 0.464 e. The Kier molecular flexibility index (Phi) is 4.92. The molecule has 3 rings (SSSR count). The smallest absolute Gasteiger partial charge is 0.188 e. The van der Waals surface area contributed by atoms with Crippen molar-refractivity contribution in [2.24, 2.45) is 0 Å². The Morgan fingerprint density at radius 3 is 3.05 bits per heavy atom. The molecule has 1 aliphatic rings. The van der Waals surface area contributed by atoms with Gasteiger partial charge in [0.15, 0.2) is 17.7 Å². The van der Waals surface area contributed by atoms with Crippen LogP contribution in [-0.2, 0) is 9.47 Å². The van der Waals surface area contributed by atoms with Crippen LogP contribution in [0.15, 0.2) is 24.7 Å². The van der Waals surface area contributed by atoms with Gasteiger partial charge in [-0.3, -0.25) is 0 Å². The minimum atomic E-state index is 0.0203. The summed E-state index contributed by atoms with van der Waals surface area (Å²) in [6.45, 7) is 0.914. The van der Waals surface area contributed by atoms with E-state index in [0.717, 1.165) is 37.0 Å². The van der Waals surface area contributed by atoms with Crippen LogP contribution in [0.2, 0.25) is 5.15 Å². The number of aromatic nitrogens is 3. The summed E-state index contributed by atoms with van der Waals surface area (Å²) in [5, 5.41) is 4.70. The highest BCUT2D eigenvalue weighted by atomic mass is 35.5. The quantitative estimate of drug-likeness (QED) is 0.624. The van der Waals surface area contributed by atoms with E-state index in [4.69, 9.17) is 25.8 Å². The molecule has 2 aromatic rings. The van der Waals surface area contributed by atoms with Crippen LogP contribution in [-0.4, -0.2) is 35.3 Å². The van der Waals surface area contributed by atoms with Gasteiger partial charge < -0.3 is 14.2 Å². The highest BCUT2D eigenvalue weighted by Crippen LogP contribution is 2.29. The van der Waals surface area contributed by atoms with Crippen molar-refractivity contribution >= 4 is 11.6 Å². The van der Waals surface area contributed by atoms with Crippen molar-refractivity contribution in [1.29, 1.82) is 0 Å². The van der Waals surface area contributed by atoms with Crippen molar-refractivity contribution in [2.45, 2.75) is 25.5 Å². The van der Waals surface area contributed by atoms with Gasteiger partial charge in [-0.05, 0) is 25.3 Å². The van der Waals surface area contributed by atoms with E-state index in [1.165, 1.54) is 0 Å². The van der Waals surface area contributed by atoms with Gasteiger partial charge in [0.25, 0.3) is 0 Å². The number of halogens is 1. The first-order valence-corrected chi connectivity index (χ1v) is 7.59. The van der Waals surface area contributed by atoms with E-state index in [9.17, 15) is 0 Å². The van der Waals surface area contributed by atoms with Gasteiger partial charge in [0.2, 0.25) is 0 Å². The van der Waals surface area contributed by atoms with Crippen LogP contribution in [0.25, 0.3) is 11.1 Å². The van der Waals surface area contributed by atoms with Crippen molar-refractivity contribution in [3.05, 3.63) is 29.8 Å². The van der Waals surface area contributed by atoms with Gasteiger partial charge in [-0.25, -0.2) is 9.67 Å². The SMILES string of the molecule is COCOc1cc(-c2cnn(C3CCCCO3)c2)cnc1Cl. The summed E-state index contributed by atoms with van der Waals surface area (Å²) in [4.78, 5) is 4.15. The third-order valence-corrected chi connectivity index (χ3v) is 3.81. The number of pyridine rings is 1. The van der Waals surface area contributed by atoms with Gasteiger partial charge in [0.05, 0.1) is 6.20 Å². The van der Waals surface area contributed by atoms with Crippen LogP contribution in [0.4, 0.5) is 0 Å². The molecule has 118 valence electrons. The lowest BCUT2D eigenvalue weighted by Crippen LogP contribution is -2.18. The molecule has 22 heavy (non-hydrogen) atoms. The minimum absolute atomic E-state index is 0.0203. The molecule has 0 amide bonds. The summed E-state index contributed by atoms with van der Waals surface area (Å²) in [5.41, 5.74) is 1.83. The monoisotopic (exact) mass is 323 g/mol. The van der Waals surface area contributed by atoms with Crippen molar-refractivity contribution in [1.82, 2.24) is 14.8 Å². The van der Waals surface area contributed by atoms with E-state index >= 15 is 0 Å². The molecule has 0 aromatic carbocycles. The fourth-order valence-electron chi connectivity index (χ4n) is 2.39. The molecule has 1 saturated heterocycles. The third kappa shape index (κ3) is 3.40. The lowest BCUT2D eigenvalue weighted by atomic mass is 10.1. The molecule has 0 radical (unpaired) electrons. The lowest BCUT2D eigenvalue weighted by Gasteiger charge is -2.22. The molecular formula is C15H18ClN3O3. The minimum Gasteiger partial charge on any atom is -0.464 e. The molecule has 3 heterocycles. The second-order valence-electron chi connectivity index (χ2n) is 5.09. The van der Waals surface area contributed by atoms with Crippen LogP contribution >= 0.6 is 11.6 Å². The fraction of sp³-hybridized carbons (Fsp3) is 0.467. The maximum absolute atomic E-state index is 6.01. The molecule has 1 aliphatic heterocycles. The molecule has 0 N–H and O–H groups in total. The Bertz CT molecular complexity index is 626. The molecule has 1 unspecified atom stereocenters. The van der Waals surface area contributed by atoms with Crippen molar-refractivity contribution in [3.63, 3.8) is 0 Å². The van der Waals surface area contributed by atoms with Gasteiger partial charge in [-0.1, -0.05) is 11.6 Å². The Morgan fingerprint density at radius 1 is 1.36 bits per heavy atom. The first-order chi connectivity index (χ1) is 10.8. The molecule has 1 fully saturated rings. The Balaban J connectivity index is 1.80. The zero-order chi connectivity index (χ0) is 15.4. The van der Waals surface area contributed by atoms with Gasteiger partial charge in [0, 0.05) is 37.2 Å². The van der Waals surface area contributed by atoms with Crippen LogP contribution in [0.3, 0.4) is 0 Å². The Morgan fingerprint density at radius 2 is 2.27 bits per heavy atom. The first kappa shape index (κ1) is 15.3. The number of hydrogen-bond donors (Lipinski definition) is 0. The molecule has 6 nitrogen and oxygen atoms in total. The maximum Gasteiger partial charge on any atom is 0.188 e. The van der Waals surface area contributed by atoms with Crippen LogP contribution in [0, 0.1) is 0 Å². The van der Waals surface area contributed by atoms with E-state index in [2.05, 4.69) is 10.1 Å². The number of hydrogen-bond acceptors (Lipinski definition) is 5. The van der Waals surface area contributed by atoms with E-state index in [0.29, 0.717) is 10.9 Å². The highest BCUT2D eigenvalue weighted by molar-refractivity contribution is 6.30. The number of nitrogens with zero attached hydrogens (tertiary/aromatic N) is 3. The van der Waals surface area contributed by atoms with Crippen molar-refractivity contribution in [2.75, 3.05) is 20.5 Å². The molecule has 0 spiro atoms. The normalized spacial score (nSPS) is 18.4. The molecule has 2 aromatic heterocycles. The molecule has 0 bridgehead atoms. The number of methoxy groups -OCH3 is 1. The van der Waals surface area contributed by atoms with Gasteiger partial charge in [-0.2, -0.15) is 5.10 Å². The summed E-state index contributed by atoms with van der Waals surface area (Å²) in [6.07, 6.45) is 8.74. The summed E-state index contributed by atoms with van der Waals surface area (Å²) < 4.78 is 17.9. The predicted molar refractivity (Wildman–Crippen MR) is 81.8 cm³/mol. The summed E-state index contributed by atoms with van der Waals surface area (Å²) in [7, 11) is 1.55. The maximum atomic E-state index is 6.01. The van der Waals surface area contributed by atoms with Crippen LogP contribution in [0.1, 0.15) is 25.5 Å². The fourth-order valence-corrected chi connectivity index (χ4v) is 2.54. The zero-order valence-corrected chi connectivity index (χ0v) is 13.1.